The molecule has 1 fully saturated rings. The van der Waals surface area contributed by atoms with Gasteiger partial charge < -0.3 is 10.2 Å². The van der Waals surface area contributed by atoms with E-state index in [4.69, 9.17) is 0 Å². The third-order valence-corrected chi connectivity index (χ3v) is 4.12. The van der Waals surface area contributed by atoms with E-state index in [1.807, 2.05) is 0 Å². The summed E-state index contributed by atoms with van der Waals surface area (Å²) in [5.41, 5.74) is 2.79. The Morgan fingerprint density at radius 2 is 1.75 bits per heavy atom. The van der Waals surface area contributed by atoms with Crippen LogP contribution in [0, 0.1) is 5.92 Å². The van der Waals surface area contributed by atoms with Gasteiger partial charge in [-0.05, 0) is 49.4 Å². The van der Waals surface area contributed by atoms with Crippen molar-refractivity contribution in [2.24, 2.45) is 5.92 Å². The molecule has 112 valence electrons. The number of unbranched alkanes of at least 4 members (excludes halogenated alkanes) is 1. The minimum Gasteiger partial charge on any atom is -0.372 e. The van der Waals surface area contributed by atoms with Crippen LogP contribution in [0.2, 0.25) is 0 Å². The molecule has 1 heterocycles. The van der Waals surface area contributed by atoms with E-state index in [2.05, 4.69) is 48.3 Å². The van der Waals surface area contributed by atoms with E-state index in [1.54, 1.807) is 0 Å². The van der Waals surface area contributed by atoms with E-state index < -0.39 is 0 Å². The molecule has 0 unspecified atom stereocenters. The van der Waals surface area contributed by atoms with Crippen molar-refractivity contribution >= 4 is 5.69 Å². The maximum absolute atomic E-state index is 3.55. The van der Waals surface area contributed by atoms with Crippen molar-refractivity contribution in [1.29, 1.82) is 0 Å². The summed E-state index contributed by atoms with van der Waals surface area (Å²) in [6.45, 7) is 9.20. The fraction of sp³-hybridized carbons (Fsp3) is 0.667. The molecule has 0 spiro atoms. The minimum absolute atomic E-state index is 0.841. The first kappa shape index (κ1) is 15.4. The summed E-state index contributed by atoms with van der Waals surface area (Å²) in [5, 5.41) is 3.55. The third-order valence-electron chi connectivity index (χ3n) is 4.12. The minimum atomic E-state index is 0.841. The standard InChI is InChI=1S/C18H30N2/c1-16(2)7-3-4-12-19-15-17-8-10-18(11-9-17)20-13-5-6-14-20/h8-11,16,19H,3-7,12-15H2,1-2H3. The molecule has 1 aromatic rings. The first-order chi connectivity index (χ1) is 9.75. The lowest BCUT2D eigenvalue weighted by molar-refractivity contribution is 0.520. The van der Waals surface area contributed by atoms with Gasteiger partial charge in [0.05, 0.1) is 0 Å². The van der Waals surface area contributed by atoms with Crippen LogP contribution >= 0.6 is 0 Å². The Morgan fingerprint density at radius 1 is 1.05 bits per heavy atom. The van der Waals surface area contributed by atoms with Crippen molar-refractivity contribution < 1.29 is 0 Å². The normalized spacial score (nSPS) is 15.2. The monoisotopic (exact) mass is 274 g/mol. The topological polar surface area (TPSA) is 15.3 Å². The van der Waals surface area contributed by atoms with Gasteiger partial charge in [0, 0.05) is 25.3 Å². The highest BCUT2D eigenvalue weighted by molar-refractivity contribution is 5.48. The van der Waals surface area contributed by atoms with Crippen LogP contribution in [-0.2, 0) is 6.54 Å². The highest BCUT2D eigenvalue weighted by Gasteiger charge is 2.11. The maximum Gasteiger partial charge on any atom is 0.0366 e. The number of nitrogens with zero attached hydrogens (tertiary/aromatic N) is 1. The lowest BCUT2D eigenvalue weighted by Gasteiger charge is -2.17. The van der Waals surface area contributed by atoms with E-state index in [1.165, 1.54) is 56.4 Å². The van der Waals surface area contributed by atoms with Gasteiger partial charge >= 0.3 is 0 Å². The molecule has 0 radical (unpaired) electrons. The zero-order valence-corrected chi connectivity index (χ0v) is 13.2. The summed E-state index contributed by atoms with van der Waals surface area (Å²) in [7, 11) is 0. The maximum atomic E-state index is 3.55. The number of nitrogens with one attached hydrogen (secondary N) is 1. The van der Waals surface area contributed by atoms with E-state index in [-0.39, 0.29) is 0 Å². The van der Waals surface area contributed by atoms with Crippen LogP contribution < -0.4 is 10.2 Å². The highest BCUT2D eigenvalue weighted by Crippen LogP contribution is 2.20. The van der Waals surface area contributed by atoms with Crippen LogP contribution in [-0.4, -0.2) is 19.6 Å². The molecule has 0 aliphatic carbocycles. The van der Waals surface area contributed by atoms with Crippen molar-refractivity contribution in [3.05, 3.63) is 29.8 Å². The molecule has 0 bridgehead atoms. The van der Waals surface area contributed by atoms with E-state index >= 15 is 0 Å². The molecular formula is C18H30N2. The zero-order valence-electron chi connectivity index (χ0n) is 13.2. The second kappa shape index (κ2) is 8.31. The lowest BCUT2D eigenvalue weighted by atomic mass is 10.1. The zero-order chi connectivity index (χ0) is 14.2. The average Bonchev–Trinajstić information content (AvgIpc) is 2.97. The fourth-order valence-electron chi connectivity index (χ4n) is 2.84. The lowest BCUT2D eigenvalue weighted by Crippen LogP contribution is -2.18. The Labute approximate surface area is 124 Å². The van der Waals surface area contributed by atoms with E-state index in [0.717, 1.165) is 19.0 Å². The number of benzene rings is 1. The van der Waals surface area contributed by atoms with Crippen molar-refractivity contribution in [3.63, 3.8) is 0 Å². The van der Waals surface area contributed by atoms with Gasteiger partial charge in [0.2, 0.25) is 0 Å². The van der Waals surface area contributed by atoms with Crippen LogP contribution in [0.3, 0.4) is 0 Å². The van der Waals surface area contributed by atoms with Gasteiger partial charge in [0.1, 0.15) is 0 Å². The fourth-order valence-corrected chi connectivity index (χ4v) is 2.84. The van der Waals surface area contributed by atoms with Crippen LogP contribution in [0.5, 0.6) is 0 Å². The second-order valence-corrected chi connectivity index (χ2v) is 6.43. The molecule has 1 N–H and O–H groups in total. The molecular weight excluding hydrogens is 244 g/mol. The molecule has 0 amide bonds. The first-order valence-electron chi connectivity index (χ1n) is 8.30. The molecule has 1 saturated heterocycles. The first-order valence-corrected chi connectivity index (χ1v) is 8.30. The van der Waals surface area contributed by atoms with Gasteiger partial charge in [-0.1, -0.05) is 38.8 Å². The Morgan fingerprint density at radius 3 is 2.40 bits per heavy atom. The van der Waals surface area contributed by atoms with Crippen molar-refractivity contribution in [2.75, 3.05) is 24.5 Å². The average molecular weight is 274 g/mol. The highest BCUT2D eigenvalue weighted by atomic mass is 15.1. The molecule has 2 rings (SSSR count). The molecule has 20 heavy (non-hydrogen) atoms. The second-order valence-electron chi connectivity index (χ2n) is 6.43. The van der Waals surface area contributed by atoms with Crippen molar-refractivity contribution in [1.82, 2.24) is 5.32 Å². The molecule has 0 saturated carbocycles. The van der Waals surface area contributed by atoms with Gasteiger partial charge in [-0.2, -0.15) is 0 Å². The Hall–Kier alpha value is -1.02. The van der Waals surface area contributed by atoms with Crippen LogP contribution in [0.1, 0.15) is 51.5 Å². The van der Waals surface area contributed by atoms with Crippen molar-refractivity contribution in [3.8, 4) is 0 Å². The summed E-state index contributed by atoms with van der Waals surface area (Å²) in [6, 6.07) is 9.10. The largest absolute Gasteiger partial charge is 0.372 e. The van der Waals surface area contributed by atoms with Gasteiger partial charge in [-0.15, -0.1) is 0 Å². The van der Waals surface area contributed by atoms with Gasteiger partial charge in [0.15, 0.2) is 0 Å². The van der Waals surface area contributed by atoms with E-state index in [9.17, 15) is 0 Å². The van der Waals surface area contributed by atoms with Gasteiger partial charge in [-0.3, -0.25) is 0 Å². The summed E-state index contributed by atoms with van der Waals surface area (Å²) in [4.78, 5) is 2.49. The predicted octanol–water partition coefficient (Wildman–Crippen LogP) is 4.20. The van der Waals surface area contributed by atoms with Gasteiger partial charge in [-0.25, -0.2) is 0 Å². The van der Waals surface area contributed by atoms with Crippen LogP contribution in [0.4, 0.5) is 5.69 Å². The Balaban J connectivity index is 1.63. The molecule has 2 heteroatoms. The van der Waals surface area contributed by atoms with Crippen LogP contribution in [0.25, 0.3) is 0 Å². The van der Waals surface area contributed by atoms with Crippen molar-refractivity contribution in [2.45, 2.75) is 52.5 Å². The smallest absolute Gasteiger partial charge is 0.0366 e. The summed E-state index contributed by atoms with van der Waals surface area (Å²) >= 11 is 0. The number of anilines is 1. The summed E-state index contributed by atoms with van der Waals surface area (Å²) < 4.78 is 0. The molecule has 1 aliphatic heterocycles. The summed E-state index contributed by atoms with van der Waals surface area (Å²) in [6.07, 6.45) is 6.69. The number of rotatable bonds is 8. The summed E-state index contributed by atoms with van der Waals surface area (Å²) in [5.74, 6) is 0.841. The molecule has 1 aromatic carbocycles. The Kier molecular flexibility index (Phi) is 6.38. The van der Waals surface area contributed by atoms with E-state index in [0.29, 0.717) is 0 Å². The SMILES string of the molecule is CC(C)CCCCNCc1ccc(N2CCCC2)cc1. The van der Waals surface area contributed by atoms with Crippen LogP contribution in [0.15, 0.2) is 24.3 Å². The quantitative estimate of drug-likeness (QED) is 0.715. The molecule has 1 aliphatic rings. The predicted molar refractivity (Wildman–Crippen MR) is 88.3 cm³/mol. The number of hydrogen-bond donors (Lipinski definition) is 1. The molecule has 0 aromatic heterocycles. The Bertz CT molecular complexity index is 364. The molecule has 2 nitrogen and oxygen atoms in total. The third kappa shape index (κ3) is 5.16. The number of hydrogen-bond acceptors (Lipinski definition) is 2. The molecule has 0 atom stereocenters. The van der Waals surface area contributed by atoms with Gasteiger partial charge in [0.25, 0.3) is 0 Å².